The molecule has 0 bridgehead atoms. The van der Waals surface area contributed by atoms with E-state index in [1.54, 1.807) is 7.11 Å². The molecule has 2 aromatic carbocycles. The van der Waals surface area contributed by atoms with Gasteiger partial charge in [0.05, 0.1) is 7.11 Å². The number of likely N-dealkylation sites (N-methyl/N-ethyl adjacent to an activating group) is 1. The summed E-state index contributed by atoms with van der Waals surface area (Å²) in [5, 5.41) is 3.31. The smallest absolute Gasteiger partial charge is 0.122 e. The van der Waals surface area contributed by atoms with Gasteiger partial charge in [0.15, 0.2) is 0 Å². The molecule has 0 aliphatic carbocycles. The molecule has 2 nitrogen and oxygen atoms in total. The molecule has 0 heterocycles. The molecule has 2 heteroatoms. The number of ether oxygens (including phenoxy) is 1. The van der Waals surface area contributed by atoms with Crippen LogP contribution in [0.2, 0.25) is 0 Å². The number of hydrogen-bond donors (Lipinski definition) is 1. The van der Waals surface area contributed by atoms with Crippen LogP contribution in [0.1, 0.15) is 28.2 Å². The van der Waals surface area contributed by atoms with Crippen LogP contribution in [-0.2, 0) is 6.42 Å². The number of nitrogens with one attached hydrogen (secondary N) is 1. The summed E-state index contributed by atoms with van der Waals surface area (Å²) in [6, 6.07) is 15.1. The summed E-state index contributed by atoms with van der Waals surface area (Å²) in [6.45, 7) is 5.24. The van der Waals surface area contributed by atoms with E-state index in [1.807, 2.05) is 7.05 Å². The second-order valence-corrected chi connectivity index (χ2v) is 5.63. The number of benzene rings is 2. The molecular formula is C19H25NO. The zero-order chi connectivity index (χ0) is 15.2. The fourth-order valence-corrected chi connectivity index (χ4v) is 2.93. The van der Waals surface area contributed by atoms with Gasteiger partial charge in [-0.2, -0.15) is 0 Å². The van der Waals surface area contributed by atoms with Gasteiger partial charge in [-0.3, -0.25) is 0 Å². The number of rotatable bonds is 6. The Morgan fingerprint density at radius 1 is 1.10 bits per heavy atom. The van der Waals surface area contributed by atoms with Gasteiger partial charge in [-0.15, -0.1) is 0 Å². The Morgan fingerprint density at radius 3 is 2.43 bits per heavy atom. The average Bonchev–Trinajstić information content (AvgIpc) is 2.49. The molecule has 1 unspecified atom stereocenters. The van der Waals surface area contributed by atoms with E-state index in [1.165, 1.54) is 22.3 Å². The van der Waals surface area contributed by atoms with Crippen molar-refractivity contribution in [2.24, 2.45) is 0 Å². The van der Waals surface area contributed by atoms with E-state index in [-0.39, 0.29) is 0 Å². The molecule has 0 radical (unpaired) electrons. The Labute approximate surface area is 128 Å². The molecule has 0 saturated carbocycles. The first-order valence-electron chi connectivity index (χ1n) is 7.49. The fraction of sp³-hybridized carbons (Fsp3) is 0.368. The molecule has 112 valence electrons. The zero-order valence-electron chi connectivity index (χ0n) is 13.4. The Hall–Kier alpha value is -1.80. The lowest BCUT2D eigenvalue weighted by Crippen LogP contribution is -2.19. The van der Waals surface area contributed by atoms with Gasteiger partial charge in [0.2, 0.25) is 0 Å². The van der Waals surface area contributed by atoms with Gasteiger partial charge < -0.3 is 10.1 Å². The second-order valence-electron chi connectivity index (χ2n) is 5.63. The molecular weight excluding hydrogens is 258 g/mol. The maximum atomic E-state index is 5.60. The van der Waals surface area contributed by atoms with Gasteiger partial charge in [0.1, 0.15) is 5.75 Å². The molecule has 0 aliphatic rings. The van der Waals surface area contributed by atoms with Crippen molar-refractivity contribution in [2.75, 3.05) is 20.7 Å². The first-order valence-corrected chi connectivity index (χ1v) is 7.49. The summed E-state index contributed by atoms with van der Waals surface area (Å²) in [5.41, 5.74) is 5.24. The minimum absolute atomic E-state index is 0.450. The van der Waals surface area contributed by atoms with Crippen LogP contribution in [0.4, 0.5) is 0 Å². The summed E-state index contributed by atoms with van der Waals surface area (Å²) >= 11 is 0. The Kier molecular flexibility index (Phi) is 5.40. The topological polar surface area (TPSA) is 21.3 Å². The minimum Gasteiger partial charge on any atom is -0.496 e. The van der Waals surface area contributed by atoms with Crippen LogP contribution >= 0.6 is 0 Å². The summed E-state index contributed by atoms with van der Waals surface area (Å²) in [6.07, 6.45) is 0.986. The van der Waals surface area contributed by atoms with Gasteiger partial charge in [-0.25, -0.2) is 0 Å². The monoisotopic (exact) mass is 283 g/mol. The minimum atomic E-state index is 0.450. The van der Waals surface area contributed by atoms with E-state index in [0.29, 0.717) is 5.92 Å². The van der Waals surface area contributed by atoms with Crippen molar-refractivity contribution in [2.45, 2.75) is 26.2 Å². The molecule has 0 spiro atoms. The van der Waals surface area contributed by atoms with Crippen LogP contribution in [-0.4, -0.2) is 20.7 Å². The summed E-state index contributed by atoms with van der Waals surface area (Å²) < 4.78 is 5.60. The normalized spacial score (nSPS) is 12.2. The van der Waals surface area contributed by atoms with Crippen molar-refractivity contribution in [1.29, 1.82) is 0 Å². The van der Waals surface area contributed by atoms with Crippen molar-refractivity contribution in [3.8, 4) is 5.75 Å². The molecule has 0 aliphatic heterocycles. The maximum Gasteiger partial charge on any atom is 0.122 e. The molecule has 2 rings (SSSR count). The fourth-order valence-electron chi connectivity index (χ4n) is 2.93. The Bertz CT molecular complexity index is 578. The molecule has 21 heavy (non-hydrogen) atoms. The summed E-state index contributed by atoms with van der Waals surface area (Å²) in [7, 11) is 3.77. The highest BCUT2D eigenvalue weighted by molar-refractivity contribution is 5.44. The second kappa shape index (κ2) is 7.28. The molecule has 0 amide bonds. The van der Waals surface area contributed by atoms with Gasteiger partial charge in [-0.05, 0) is 55.6 Å². The first-order chi connectivity index (χ1) is 10.2. The molecule has 1 atom stereocenters. The van der Waals surface area contributed by atoms with E-state index >= 15 is 0 Å². The summed E-state index contributed by atoms with van der Waals surface area (Å²) in [5.74, 6) is 1.45. The highest BCUT2D eigenvalue weighted by Gasteiger charge is 2.16. The van der Waals surface area contributed by atoms with Crippen molar-refractivity contribution in [3.63, 3.8) is 0 Å². The van der Waals surface area contributed by atoms with Crippen LogP contribution in [0, 0.1) is 13.8 Å². The summed E-state index contributed by atoms with van der Waals surface area (Å²) in [4.78, 5) is 0. The Balaban J connectivity index is 2.33. The molecule has 0 aromatic heterocycles. The Morgan fingerprint density at radius 2 is 1.81 bits per heavy atom. The van der Waals surface area contributed by atoms with E-state index in [4.69, 9.17) is 4.74 Å². The lowest BCUT2D eigenvalue weighted by atomic mass is 9.89. The zero-order valence-corrected chi connectivity index (χ0v) is 13.4. The van der Waals surface area contributed by atoms with Crippen LogP contribution in [0.3, 0.4) is 0 Å². The lowest BCUT2D eigenvalue weighted by molar-refractivity contribution is 0.406. The molecule has 0 saturated heterocycles. The molecule has 2 aromatic rings. The van der Waals surface area contributed by atoms with E-state index in [9.17, 15) is 0 Å². The van der Waals surface area contributed by atoms with Crippen LogP contribution in [0.15, 0.2) is 42.5 Å². The number of aryl methyl sites for hydroxylation is 2. The molecule has 0 fully saturated rings. The van der Waals surface area contributed by atoms with Crippen LogP contribution in [0.25, 0.3) is 0 Å². The lowest BCUT2D eigenvalue weighted by Gasteiger charge is -2.20. The number of methoxy groups -OCH3 is 1. The highest BCUT2D eigenvalue weighted by atomic mass is 16.5. The average molecular weight is 283 g/mol. The molecule has 1 N–H and O–H groups in total. The first kappa shape index (κ1) is 15.6. The van der Waals surface area contributed by atoms with Gasteiger partial charge in [0, 0.05) is 12.5 Å². The SMILES string of the molecule is CNCC(Cc1c(C)cc(C)cc1OC)c1ccccc1. The van der Waals surface area contributed by atoms with Gasteiger partial charge in [-0.1, -0.05) is 36.4 Å². The third-order valence-electron chi connectivity index (χ3n) is 3.97. The van der Waals surface area contributed by atoms with Crippen molar-refractivity contribution in [1.82, 2.24) is 5.32 Å². The highest BCUT2D eigenvalue weighted by Crippen LogP contribution is 2.30. The van der Waals surface area contributed by atoms with Crippen molar-refractivity contribution in [3.05, 3.63) is 64.7 Å². The van der Waals surface area contributed by atoms with Crippen molar-refractivity contribution >= 4 is 0 Å². The van der Waals surface area contributed by atoms with Crippen molar-refractivity contribution < 1.29 is 4.74 Å². The third-order valence-corrected chi connectivity index (χ3v) is 3.97. The van der Waals surface area contributed by atoms with Crippen LogP contribution in [0.5, 0.6) is 5.75 Å². The van der Waals surface area contributed by atoms with E-state index in [0.717, 1.165) is 18.7 Å². The third kappa shape index (κ3) is 3.85. The van der Waals surface area contributed by atoms with Gasteiger partial charge >= 0.3 is 0 Å². The van der Waals surface area contributed by atoms with E-state index < -0.39 is 0 Å². The largest absolute Gasteiger partial charge is 0.496 e. The van der Waals surface area contributed by atoms with Crippen LogP contribution < -0.4 is 10.1 Å². The predicted octanol–water partition coefficient (Wildman–Crippen LogP) is 3.86. The predicted molar refractivity (Wildman–Crippen MR) is 89.3 cm³/mol. The standard InChI is InChI=1S/C19H25NO/c1-14-10-15(2)18(19(11-14)21-4)12-17(13-20-3)16-8-6-5-7-9-16/h5-11,17,20H,12-13H2,1-4H3. The van der Waals surface area contributed by atoms with Gasteiger partial charge in [0.25, 0.3) is 0 Å². The van der Waals surface area contributed by atoms with E-state index in [2.05, 4.69) is 61.6 Å². The number of hydrogen-bond acceptors (Lipinski definition) is 2. The quantitative estimate of drug-likeness (QED) is 0.869. The maximum absolute atomic E-state index is 5.60.